The van der Waals surface area contributed by atoms with E-state index in [1.165, 1.54) is 38.5 Å². The van der Waals surface area contributed by atoms with Crippen molar-refractivity contribution in [2.75, 3.05) is 0 Å². The van der Waals surface area contributed by atoms with E-state index < -0.39 is 6.29 Å². The molecule has 2 unspecified atom stereocenters. The summed E-state index contributed by atoms with van der Waals surface area (Å²) < 4.78 is 0. The van der Waals surface area contributed by atoms with Crippen LogP contribution in [0.25, 0.3) is 0 Å². The predicted octanol–water partition coefficient (Wildman–Crippen LogP) is 2.80. The van der Waals surface area contributed by atoms with Crippen LogP contribution in [0, 0.1) is 0 Å². The van der Waals surface area contributed by atoms with Gasteiger partial charge >= 0.3 is 0 Å². The van der Waals surface area contributed by atoms with Crippen molar-refractivity contribution in [1.82, 2.24) is 5.32 Å². The lowest BCUT2D eigenvalue weighted by atomic mass is 10.0. The Morgan fingerprint density at radius 2 is 1.53 bits per heavy atom. The smallest absolute Gasteiger partial charge is 0.166 e. The van der Waals surface area contributed by atoms with Gasteiger partial charge in [0.15, 0.2) is 6.29 Å². The fourth-order valence-corrected chi connectivity index (χ4v) is 2.03. The van der Waals surface area contributed by atoms with Crippen molar-refractivity contribution in [3.8, 4) is 0 Å². The molecule has 0 aliphatic carbocycles. The molecule has 0 saturated carbocycles. The summed E-state index contributed by atoms with van der Waals surface area (Å²) in [5, 5.41) is 21.3. The predicted molar refractivity (Wildman–Crippen MR) is 72.9 cm³/mol. The first kappa shape index (κ1) is 16.9. The Bertz CT molecular complexity index is 162. The van der Waals surface area contributed by atoms with E-state index in [4.69, 9.17) is 10.2 Å². The number of aliphatic hydroxyl groups is 2. The van der Waals surface area contributed by atoms with Crippen LogP contribution in [-0.2, 0) is 0 Å². The molecule has 3 heteroatoms. The molecule has 104 valence electrons. The summed E-state index contributed by atoms with van der Waals surface area (Å²) in [6.45, 7) is 6.19. The molecule has 0 rings (SSSR count). The standard InChI is InChI=1S/C14H31NO2/c1-4-6-7-8-9-10-11-13(5-2)15-12(3)14(16)17/h12-17H,4-11H2,1-3H3. The maximum absolute atomic E-state index is 9.03. The van der Waals surface area contributed by atoms with Crippen molar-refractivity contribution >= 4 is 0 Å². The highest BCUT2D eigenvalue weighted by atomic mass is 16.5. The minimum absolute atomic E-state index is 0.236. The minimum atomic E-state index is -1.26. The van der Waals surface area contributed by atoms with Crippen molar-refractivity contribution in [1.29, 1.82) is 0 Å². The van der Waals surface area contributed by atoms with E-state index in [9.17, 15) is 0 Å². The second-order valence-corrected chi connectivity index (χ2v) is 5.03. The molecule has 0 aliphatic heterocycles. The van der Waals surface area contributed by atoms with Crippen LogP contribution in [-0.4, -0.2) is 28.6 Å². The summed E-state index contributed by atoms with van der Waals surface area (Å²) in [4.78, 5) is 0. The Morgan fingerprint density at radius 3 is 2.06 bits per heavy atom. The Hall–Kier alpha value is -0.120. The van der Waals surface area contributed by atoms with Gasteiger partial charge in [0.2, 0.25) is 0 Å². The first-order valence-electron chi connectivity index (χ1n) is 7.24. The molecule has 17 heavy (non-hydrogen) atoms. The van der Waals surface area contributed by atoms with E-state index >= 15 is 0 Å². The summed E-state index contributed by atoms with van der Waals surface area (Å²) in [6.07, 6.45) is 8.81. The highest BCUT2D eigenvalue weighted by molar-refractivity contribution is 4.71. The van der Waals surface area contributed by atoms with Crippen molar-refractivity contribution in [2.45, 2.75) is 90.5 Å². The van der Waals surface area contributed by atoms with Crippen LogP contribution < -0.4 is 5.32 Å². The van der Waals surface area contributed by atoms with Crippen molar-refractivity contribution in [2.24, 2.45) is 0 Å². The molecule has 0 saturated heterocycles. The van der Waals surface area contributed by atoms with Gasteiger partial charge < -0.3 is 15.5 Å². The Kier molecular flexibility index (Phi) is 10.9. The maximum atomic E-state index is 9.03. The largest absolute Gasteiger partial charge is 0.367 e. The fourth-order valence-electron chi connectivity index (χ4n) is 2.03. The van der Waals surface area contributed by atoms with Crippen LogP contribution in [0.4, 0.5) is 0 Å². The van der Waals surface area contributed by atoms with Gasteiger partial charge in [-0.1, -0.05) is 52.4 Å². The van der Waals surface area contributed by atoms with E-state index in [2.05, 4.69) is 19.2 Å². The normalized spacial score (nSPS) is 15.2. The van der Waals surface area contributed by atoms with Gasteiger partial charge in [0, 0.05) is 6.04 Å². The molecular formula is C14H31NO2. The van der Waals surface area contributed by atoms with Gasteiger partial charge in [0.25, 0.3) is 0 Å². The van der Waals surface area contributed by atoms with E-state index in [0.717, 1.165) is 12.8 Å². The lowest BCUT2D eigenvalue weighted by Gasteiger charge is -2.23. The molecule has 0 aromatic rings. The molecule has 0 aliphatic rings. The molecule has 0 radical (unpaired) electrons. The molecule has 0 bridgehead atoms. The first-order valence-corrected chi connectivity index (χ1v) is 7.24. The summed E-state index contributed by atoms with van der Waals surface area (Å²) in [6, 6.07) is 0.179. The number of nitrogens with one attached hydrogen (secondary N) is 1. The third kappa shape index (κ3) is 9.57. The van der Waals surface area contributed by atoms with Crippen LogP contribution in [0.15, 0.2) is 0 Å². The lowest BCUT2D eigenvalue weighted by molar-refractivity contribution is -0.0650. The van der Waals surface area contributed by atoms with E-state index in [-0.39, 0.29) is 6.04 Å². The Morgan fingerprint density at radius 1 is 0.941 bits per heavy atom. The van der Waals surface area contributed by atoms with E-state index in [1.54, 1.807) is 0 Å². The van der Waals surface area contributed by atoms with Gasteiger partial charge in [-0.05, 0) is 19.8 Å². The highest BCUT2D eigenvalue weighted by Gasteiger charge is 2.14. The van der Waals surface area contributed by atoms with Gasteiger partial charge in [0.05, 0.1) is 6.04 Å². The lowest BCUT2D eigenvalue weighted by Crippen LogP contribution is -2.43. The average molecular weight is 245 g/mol. The average Bonchev–Trinajstić information content (AvgIpc) is 2.31. The van der Waals surface area contributed by atoms with Crippen LogP contribution in [0.3, 0.4) is 0 Å². The first-order chi connectivity index (χ1) is 8.11. The van der Waals surface area contributed by atoms with Crippen molar-refractivity contribution in [3.05, 3.63) is 0 Å². The van der Waals surface area contributed by atoms with Gasteiger partial charge in [-0.3, -0.25) is 0 Å². The molecule has 3 nitrogen and oxygen atoms in total. The number of unbranched alkanes of at least 4 members (excludes halogenated alkanes) is 5. The molecule has 0 heterocycles. The molecular weight excluding hydrogens is 214 g/mol. The van der Waals surface area contributed by atoms with Crippen molar-refractivity contribution < 1.29 is 10.2 Å². The minimum Gasteiger partial charge on any atom is -0.367 e. The van der Waals surface area contributed by atoms with Crippen LogP contribution >= 0.6 is 0 Å². The van der Waals surface area contributed by atoms with E-state index in [0.29, 0.717) is 6.04 Å². The number of aliphatic hydroxyl groups excluding tert-OH is 1. The molecule has 2 atom stereocenters. The van der Waals surface area contributed by atoms with E-state index in [1.807, 2.05) is 6.92 Å². The third-order valence-electron chi connectivity index (χ3n) is 3.34. The Labute approximate surface area is 107 Å². The van der Waals surface area contributed by atoms with Crippen LogP contribution in [0.1, 0.15) is 72.1 Å². The SMILES string of the molecule is CCCCCCCCC(CC)NC(C)C(O)O. The van der Waals surface area contributed by atoms with Gasteiger partial charge in [0.1, 0.15) is 0 Å². The van der Waals surface area contributed by atoms with Gasteiger partial charge in [-0.15, -0.1) is 0 Å². The summed E-state index contributed by atoms with van der Waals surface area (Å²) in [5.41, 5.74) is 0. The number of rotatable bonds is 11. The summed E-state index contributed by atoms with van der Waals surface area (Å²) in [5.74, 6) is 0. The molecule has 0 amide bonds. The number of hydrogen-bond acceptors (Lipinski definition) is 3. The second kappa shape index (κ2) is 11.0. The topological polar surface area (TPSA) is 52.5 Å². The number of hydrogen-bond donors (Lipinski definition) is 3. The van der Waals surface area contributed by atoms with Gasteiger partial charge in [-0.2, -0.15) is 0 Å². The highest BCUT2D eigenvalue weighted by Crippen LogP contribution is 2.10. The van der Waals surface area contributed by atoms with Crippen LogP contribution in [0.5, 0.6) is 0 Å². The fraction of sp³-hybridized carbons (Fsp3) is 1.00. The zero-order valence-corrected chi connectivity index (χ0v) is 11.8. The zero-order chi connectivity index (χ0) is 13.1. The Balaban J connectivity index is 3.54. The summed E-state index contributed by atoms with van der Waals surface area (Å²) >= 11 is 0. The molecule has 0 aromatic heterocycles. The molecule has 3 N–H and O–H groups in total. The summed E-state index contributed by atoms with van der Waals surface area (Å²) in [7, 11) is 0. The van der Waals surface area contributed by atoms with Crippen LogP contribution in [0.2, 0.25) is 0 Å². The quantitative estimate of drug-likeness (QED) is 0.387. The zero-order valence-electron chi connectivity index (χ0n) is 11.8. The molecule has 0 aromatic carbocycles. The van der Waals surface area contributed by atoms with Crippen molar-refractivity contribution in [3.63, 3.8) is 0 Å². The third-order valence-corrected chi connectivity index (χ3v) is 3.34. The maximum Gasteiger partial charge on any atom is 0.166 e. The van der Waals surface area contributed by atoms with Gasteiger partial charge in [-0.25, -0.2) is 0 Å². The second-order valence-electron chi connectivity index (χ2n) is 5.03. The molecule has 0 spiro atoms. The molecule has 0 fully saturated rings. The monoisotopic (exact) mass is 245 g/mol.